The third-order valence-electron chi connectivity index (χ3n) is 5.83. The highest BCUT2D eigenvalue weighted by atomic mass is 16.5. The number of nitrogens with two attached hydrogens (primary N) is 1. The molecule has 188 valence electrons. The second-order valence-electron chi connectivity index (χ2n) is 8.60. The molecule has 0 bridgehead atoms. The lowest BCUT2D eigenvalue weighted by Crippen LogP contribution is -2.08. The Morgan fingerprint density at radius 3 is 2.58 bits per heavy atom. The molecule has 38 heavy (non-hydrogen) atoms. The molecule has 5 aromatic rings. The molecule has 0 saturated carbocycles. The van der Waals surface area contributed by atoms with Gasteiger partial charge < -0.3 is 25.1 Å². The molecule has 0 aliphatic heterocycles. The van der Waals surface area contributed by atoms with Crippen molar-refractivity contribution in [3.8, 4) is 40.8 Å². The van der Waals surface area contributed by atoms with E-state index in [-0.39, 0.29) is 17.6 Å². The van der Waals surface area contributed by atoms with E-state index in [1.54, 1.807) is 24.4 Å². The van der Waals surface area contributed by atoms with Crippen LogP contribution in [0.3, 0.4) is 0 Å². The highest BCUT2D eigenvalue weighted by Crippen LogP contribution is 2.35. The lowest BCUT2D eigenvalue weighted by molar-refractivity contribution is 0.413. The number of aromatic nitrogens is 4. The van der Waals surface area contributed by atoms with Crippen LogP contribution in [0.1, 0.15) is 16.7 Å². The fourth-order valence-electron chi connectivity index (χ4n) is 3.85. The van der Waals surface area contributed by atoms with Gasteiger partial charge in [0.15, 0.2) is 5.82 Å². The number of imidazole rings is 1. The average Bonchev–Trinajstić information content (AvgIpc) is 3.37. The molecule has 3 aromatic carbocycles. The van der Waals surface area contributed by atoms with Crippen molar-refractivity contribution < 1.29 is 9.47 Å². The lowest BCUT2D eigenvalue weighted by Gasteiger charge is -2.15. The van der Waals surface area contributed by atoms with Crippen LogP contribution in [0.15, 0.2) is 85.2 Å². The zero-order chi connectivity index (χ0) is 26.5. The second kappa shape index (κ2) is 10.7. The third kappa shape index (κ3) is 5.39. The van der Waals surface area contributed by atoms with Crippen LogP contribution in [0.25, 0.3) is 11.4 Å². The molecule has 0 fully saturated rings. The van der Waals surface area contributed by atoms with E-state index in [9.17, 15) is 5.26 Å². The van der Waals surface area contributed by atoms with Crippen molar-refractivity contribution in [2.45, 2.75) is 13.5 Å². The molecule has 2 heterocycles. The number of benzene rings is 3. The van der Waals surface area contributed by atoms with Crippen molar-refractivity contribution in [3.05, 3.63) is 102 Å². The number of nitriles is 1. The zero-order valence-electron chi connectivity index (χ0n) is 20.9. The van der Waals surface area contributed by atoms with Crippen molar-refractivity contribution in [1.82, 2.24) is 19.5 Å². The van der Waals surface area contributed by atoms with E-state index in [4.69, 9.17) is 15.2 Å². The Bertz CT molecular complexity index is 1620. The van der Waals surface area contributed by atoms with Crippen LogP contribution in [-0.4, -0.2) is 19.5 Å². The fraction of sp³-hybridized carbons (Fsp3) is 0.103. The maximum absolute atomic E-state index is 9.19. The van der Waals surface area contributed by atoms with Crippen molar-refractivity contribution in [1.29, 1.82) is 5.26 Å². The smallest absolute Gasteiger partial charge is 0.327 e. The van der Waals surface area contributed by atoms with Crippen LogP contribution in [0.2, 0.25) is 0 Å². The molecule has 0 spiro atoms. The van der Waals surface area contributed by atoms with E-state index in [0.29, 0.717) is 29.4 Å². The Labute approximate surface area is 220 Å². The van der Waals surface area contributed by atoms with E-state index < -0.39 is 0 Å². The standard InChI is InChI=1S/C29H25N7O2/c1-19-15-21(17-30)11-12-24(19)38-28-25(31)26(33-18-20-7-4-3-5-8-20)34-29(35-28)37-23-10-6-9-22(16-23)27-32-13-14-36(27)2/h3-16H,18,31H2,1-2H3,(H,33,34,35). The number of hydrogen-bond acceptors (Lipinski definition) is 8. The second-order valence-corrected chi connectivity index (χ2v) is 8.60. The van der Waals surface area contributed by atoms with Crippen LogP contribution in [-0.2, 0) is 13.6 Å². The summed E-state index contributed by atoms with van der Waals surface area (Å²) in [6, 6.07) is 24.7. The maximum atomic E-state index is 9.19. The highest BCUT2D eigenvalue weighted by Gasteiger charge is 2.17. The van der Waals surface area contributed by atoms with Gasteiger partial charge in [-0.1, -0.05) is 42.5 Å². The summed E-state index contributed by atoms with van der Waals surface area (Å²) in [4.78, 5) is 13.4. The molecule has 3 N–H and O–H groups in total. The van der Waals surface area contributed by atoms with Gasteiger partial charge in [0, 0.05) is 31.5 Å². The number of anilines is 2. The molecular weight excluding hydrogens is 478 g/mol. The van der Waals surface area contributed by atoms with Gasteiger partial charge in [0.25, 0.3) is 5.88 Å². The summed E-state index contributed by atoms with van der Waals surface area (Å²) in [6.45, 7) is 2.34. The van der Waals surface area contributed by atoms with Crippen LogP contribution < -0.4 is 20.5 Å². The molecule has 0 radical (unpaired) electrons. The Balaban J connectivity index is 1.48. The summed E-state index contributed by atoms with van der Waals surface area (Å²) >= 11 is 0. The number of ether oxygens (including phenoxy) is 2. The minimum atomic E-state index is 0.0630. The van der Waals surface area contributed by atoms with Gasteiger partial charge in [0.1, 0.15) is 23.0 Å². The molecule has 0 saturated heterocycles. The minimum absolute atomic E-state index is 0.0630. The number of nitrogen functional groups attached to an aromatic ring is 1. The largest absolute Gasteiger partial charge is 0.437 e. The highest BCUT2D eigenvalue weighted by molar-refractivity contribution is 5.68. The molecule has 0 aliphatic rings. The van der Waals surface area contributed by atoms with Crippen molar-refractivity contribution in [3.63, 3.8) is 0 Å². The molecule has 5 rings (SSSR count). The molecule has 0 unspecified atom stereocenters. The van der Waals surface area contributed by atoms with Gasteiger partial charge >= 0.3 is 6.01 Å². The lowest BCUT2D eigenvalue weighted by atomic mass is 10.1. The van der Waals surface area contributed by atoms with Crippen molar-refractivity contribution in [2.75, 3.05) is 11.1 Å². The summed E-state index contributed by atoms with van der Waals surface area (Å²) in [7, 11) is 1.93. The molecule has 2 aromatic heterocycles. The molecule has 9 heteroatoms. The van der Waals surface area contributed by atoms with Crippen LogP contribution in [0.5, 0.6) is 23.4 Å². The van der Waals surface area contributed by atoms with Gasteiger partial charge in [-0.2, -0.15) is 15.2 Å². The average molecular weight is 504 g/mol. The first-order valence-corrected chi connectivity index (χ1v) is 11.9. The van der Waals surface area contributed by atoms with E-state index in [1.807, 2.05) is 79.3 Å². The first kappa shape index (κ1) is 24.3. The number of hydrogen-bond donors (Lipinski definition) is 2. The van der Waals surface area contributed by atoms with E-state index in [0.717, 1.165) is 22.5 Å². The van der Waals surface area contributed by atoms with Gasteiger partial charge in [-0.25, -0.2) is 4.98 Å². The van der Waals surface area contributed by atoms with Gasteiger partial charge in [-0.3, -0.25) is 0 Å². The molecule has 9 nitrogen and oxygen atoms in total. The monoisotopic (exact) mass is 503 g/mol. The Morgan fingerprint density at radius 2 is 1.84 bits per heavy atom. The molecular formula is C29H25N7O2. The maximum Gasteiger partial charge on any atom is 0.327 e. The normalized spacial score (nSPS) is 10.6. The number of nitrogens with one attached hydrogen (secondary N) is 1. The fourth-order valence-corrected chi connectivity index (χ4v) is 3.85. The molecule has 0 atom stereocenters. The number of nitrogens with zero attached hydrogens (tertiary/aromatic N) is 5. The van der Waals surface area contributed by atoms with E-state index >= 15 is 0 Å². The van der Waals surface area contributed by atoms with Crippen LogP contribution in [0, 0.1) is 18.3 Å². The Kier molecular flexibility index (Phi) is 6.87. The van der Waals surface area contributed by atoms with Gasteiger partial charge in [0.2, 0.25) is 0 Å². The van der Waals surface area contributed by atoms with Crippen molar-refractivity contribution >= 4 is 11.5 Å². The van der Waals surface area contributed by atoms with Gasteiger partial charge in [0.05, 0.1) is 11.6 Å². The first-order valence-electron chi connectivity index (χ1n) is 11.9. The third-order valence-corrected chi connectivity index (χ3v) is 5.83. The van der Waals surface area contributed by atoms with Gasteiger partial charge in [-0.05, 0) is 48.4 Å². The zero-order valence-corrected chi connectivity index (χ0v) is 20.9. The Hall–Kier alpha value is -5.36. The number of rotatable bonds is 8. The molecule has 0 amide bonds. The predicted octanol–water partition coefficient (Wildman–Crippen LogP) is 5.84. The van der Waals surface area contributed by atoms with E-state index in [2.05, 4.69) is 26.3 Å². The summed E-state index contributed by atoms with van der Waals surface area (Å²) < 4.78 is 14.1. The summed E-state index contributed by atoms with van der Waals surface area (Å²) in [5.41, 5.74) is 9.92. The SMILES string of the molecule is Cc1cc(C#N)ccc1Oc1nc(Oc2cccc(-c3nccn3C)c2)nc(NCc2ccccc2)c1N. The topological polar surface area (TPSA) is 124 Å². The van der Waals surface area contributed by atoms with E-state index in [1.165, 1.54) is 0 Å². The van der Waals surface area contributed by atoms with Crippen molar-refractivity contribution in [2.24, 2.45) is 7.05 Å². The molecule has 0 aliphatic carbocycles. The summed E-state index contributed by atoms with van der Waals surface area (Å²) in [6.07, 6.45) is 3.62. The first-order chi connectivity index (χ1) is 18.5. The summed E-state index contributed by atoms with van der Waals surface area (Å²) in [5, 5.41) is 12.4. The quantitative estimate of drug-likeness (QED) is 0.271. The summed E-state index contributed by atoms with van der Waals surface area (Å²) in [5.74, 6) is 2.37. The predicted molar refractivity (Wildman–Crippen MR) is 145 cm³/mol. The Morgan fingerprint density at radius 1 is 1.00 bits per heavy atom. The minimum Gasteiger partial charge on any atom is -0.437 e. The van der Waals surface area contributed by atoms with Crippen LogP contribution in [0.4, 0.5) is 11.5 Å². The van der Waals surface area contributed by atoms with Crippen LogP contribution >= 0.6 is 0 Å². The van der Waals surface area contributed by atoms with Gasteiger partial charge in [-0.15, -0.1) is 0 Å². The number of aryl methyl sites for hydroxylation is 2.